The number of benzene rings is 1. The zero-order valence-corrected chi connectivity index (χ0v) is 13.4. The van der Waals surface area contributed by atoms with E-state index < -0.39 is 16.9 Å². The molecule has 0 spiro atoms. The molecule has 5 nitrogen and oxygen atoms in total. The number of ether oxygens (including phenoxy) is 1. The Bertz CT molecular complexity index is 497. The maximum Gasteiger partial charge on any atom is 0.119 e. The van der Waals surface area contributed by atoms with Gasteiger partial charge >= 0.3 is 0 Å². The minimum atomic E-state index is -0.691. The molecule has 7 heteroatoms. The van der Waals surface area contributed by atoms with Crippen LogP contribution in [-0.4, -0.2) is 63.1 Å². The Morgan fingerprint density at radius 3 is 2.57 bits per heavy atom. The molecular weight excluding hydrogens is 308 g/mol. The van der Waals surface area contributed by atoms with Crippen LogP contribution in [0.5, 0.6) is 5.75 Å². The second kappa shape index (κ2) is 7.84. The number of nitrogens with two attached hydrogens (primary N) is 1. The summed E-state index contributed by atoms with van der Waals surface area (Å²) in [6.45, 7) is 2.31. The minimum Gasteiger partial charge on any atom is -0.491 e. The number of thiocarbonyl (C=S) groups is 1. The van der Waals surface area contributed by atoms with Gasteiger partial charge in [0.25, 0.3) is 0 Å². The van der Waals surface area contributed by atoms with Crippen molar-refractivity contribution in [2.75, 3.05) is 37.7 Å². The fraction of sp³-hybridized carbons (Fsp3) is 0.500. The van der Waals surface area contributed by atoms with E-state index in [1.807, 2.05) is 0 Å². The van der Waals surface area contributed by atoms with E-state index in [4.69, 9.17) is 22.7 Å². The van der Waals surface area contributed by atoms with E-state index in [1.165, 1.54) is 0 Å². The largest absolute Gasteiger partial charge is 0.491 e. The van der Waals surface area contributed by atoms with E-state index in [2.05, 4.69) is 4.90 Å². The number of aliphatic hydroxyl groups is 1. The fourth-order valence-electron chi connectivity index (χ4n) is 2.12. The van der Waals surface area contributed by atoms with Gasteiger partial charge in [-0.3, -0.25) is 9.11 Å². The summed E-state index contributed by atoms with van der Waals surface area (Å²) < 4.78 is 16.8. The van der Waals surface area contributed by atoms with Crippen molar-refractivity contribution < 1.29 is 14.1 Å². The van der Waals surface area contributed by atoms with E-state index in [1.54, 1.807) is 24.3 Å². The third-order valence-corrected chi connectivity index (χ3v) is 4.83. The molecule has 0 aliphatic carbocycles. The second-order valence-electron chi connectivity index (χ2n) is 5.00. The normalized spacial score (nSPS) is 18.3. The minimum absolute atomic E-state index is 0.228. The van der Waals surface area contributed by atoms with Gasteiger partial charge in [0.15, 0.2) is 0 Å². The first-order valence-corrected chi connectivity index (χ1v) is 8.72. The second-order valence-corrected chi connectivity index (χ2v) is 7.14. The third-order valence-electron chi connectivity index (χ3n) is 3.32. The van der Waals surface area contributed by atoms with E-state index in [-0.39, 0.29) is 6.61 Å². The highest BCUT2D eigenvalue weighted by atomic mass is 32.2. The van der Waals surface area contributed by atoms with Gasteiger partial charge in [-0.2, -0.15) is 0 Å². The number of hydrogen-bond acceptors (Lipinski definition) is 5. The highest BCUT2D eigenvalue weighted by molar-refractivity contribution is 7.85. The molecule has 2 rings (SSSR count). The molecule has 1 aliphatic rings. The summed E-state index contributed by atoms with van der Waals surface area (Å²) in [6.07, 6.45) is -0.563. The summed E-state index contributed by atoms with van der Waals surface area (Å²) in [6, 6.07) is 7.16. The van der Waals surface area contributed by atoms with Crippen LogP contribution in [0.15, 0.2) is 24.3 Å². The van der Waals surface area contributed by atoms with Gasteiger partial charge < -0.3 is 15.6 Å². The Labute approximate surface area is 132 Å². The average Bonchev–Trinajstić information content (AvgIpc) is 2.48. The Balaban J connectivity index is 1.74. The molecule has 0 radical (unpaired) electrons. The van der Waals surface area contributed by atoms with E-state index >= 15 is 0 Å². The summed E-state index contributed by atoms with van der Waals surface area (Å²) in [5.74, 6) is 2.05. The molecule has 1 atom stereocenters. The lowest BCUT2D eigenvalue weighted by molar-refractivity contribution is 0.0713. The number of β-amino-alcohol motifs (C(OH)–C–C–N with tert-alkyl or cyclic N) is 1. The van der Waals surface area contributed by atoms with Gasteiger partial charge in [-0.15, -0.1) is 0 Å². The van der Waals surface area contributed by atoms with Crippen molar-refractivity contribution in [1.29, 1.82) is 0 Å². The average molecular weight is 328 g/mol. The van der Waals surface area contributed by atoms with Gasteiger partial charge in [0, 0.05) is 47.5 Å². The molecule has 0 saturated carbocycles. The molecule has 1 aromatic rings. The molecule has 0 aromatic heterocycles. The lowest BCUT2D eigenvalue weighted by atomic mass is 10.2. The summed E-state index contributed by atoms with van der Waals surface area (Å²) in [7, 11) is -0.691. The van der Waals surface area contributed by atoms with Crippen LogP contribution < -0.4 is 10.5 Å². The van der Waals surface area contributed by atoms with Crippen LogP contribution in [0.25, 0.3) is 0 Å². The van der Waals surface area contributed by atoms with E-state index in [0.717, 1.165) is 18.7 Å². The van der Waals surface area contributed by atoms with Gasteiger partial charge in [-0.1, -0.05) is 12.2 Å². The van der Waals surface area contributed by atoms with Crippen molar-refractivity contribution in [2.24, 2.45) is 5.73 Å². The summed E-state index contributed by atoms with van der Waals surface area (Å²) in [5.41, 5.74) is 6.31. The van der Waals surface area contributed by atoms with E-state index in [0.29, 0.717) is 28.8 Å². The monoisotopic (exact) mass is 328 g/mol. The molecule has 1 unspecified atom stereocenters. The molecule has 1 aliphatic heterocycles. The first kappa shape index (κ1) is 16.4. The quantitative estimate of drug-likeness (QED) is 0.723. The van der Waals surface area contributed by atoms with Gasteiger partial charge in [0.2, 0.25) is 0 Å². The molecule has 0 amide bonds. The number of nitrogens with zero attached hydrogens (tertiary/aromatic N) is 1. The van der Waals surface area contributed by atoms with Crippen LogP contribution in [0.4, 0.5) is 0 Å². The van der Waals surface area contributed by atoms with Crippen molar-refractivity contribution in [1.82, 2.24) is 4.90 Å². The fourth-order valence-corrected chi connectivity index (χ4v) is 3.38. The topological polar surface area (TPSA) is 75.8 Å². The van der Waals surface area contributed by atoms with Crippen LogP contribution in [-0.2, 0) is 10.8 Å². The third kappa shape index (κ3) is 5.35. The highest BCUT2D eigenvalue weighted by Gasteiger charge is 2.18. The summed E-state index contributed by atoms with van der Waals surface area (Å²) >= 11 is 4.88. The van der Waals surface area contributed by atoms with Gasteiger partial charge in [-0.25, -0.2) is 0 Å². The molecule has 1 aromatic carbocycles. The van der Waals surface area contributed by atoms with Crippen molar-refractivity contribution in [3.63, 3.8) is 0 Å². The zero-order valence-electron chi connectivity index (χ0n) is 11.7. The lowest BCUT2D eigenvalue weighted by Gasteiger charge is -2.28. The molecular formula is C14H20N2O3S2. The first-order chi connectivity index (χ1) is 10.0. The van der Waals surface area contributed by atoms with Gasteiger partial charge in [0.05, 0.1) is 0 Å². The Hall–Kier alpha value is -1.02. The van der Waals surface area contributed by atoms with Gasteiger partial charge in [-0.05, 0) is 24.3 Å². The maximum absolute atomic E-state index is 11.3. The van der Waals surface area contributed by atoms with Crippen LogP contribution >= 0.6 is 12.2 Å². The van der Waals surface area contributed by atoms with Crippen LogP contribution in [0.2, 0.25) is 0 Å². The maximum atomic E-state index is 11.3. The smallest absolute Gasteiger partial charge is 0.119 e. The number of hydrogen-bond donors (Lipinski definition) is 2. The van der Waals surface area contributed by atoms with Crippen molar-refractivity contribution >= 4 is 28.0 Å². The predicted molar refractivity (Wildman–Crippen MR) is 88.1 cm³/mol. The number of aliphatic hydroxyl groups excluding tert-OH is 1. The van der Waals surface area contributed by atoms with Crippen LogP contribution in [0.1, 0.15) is 5.56 Å². The molecule has 21 heavy (non-hydrogen) atoms. The molecule has 1 saturated heterocycles. The lowest BCUT2D eigenvalue weighted by Crippen LogP contribution is -2.43. The summed E-state index contributed by atoms with van der Waals surface area (Å²) in [4.78, 5) is 2.47. The zero-order chi connectivity index (χ0) is 15.2. The number of rotatable bonds is 6. The summed E-state index contributed by atoms with van der Waals surface area (Å²) in [5, 5.41) is 9.99. The highest BCUT2D eigenvalue weighted by Crippen LogP contribution is 2.12. The van der Waals surface area contributed by atoms with Crippen LogP contribution in [0, 0.1) is 0 Å². The Morgan fingerprint density at radius 1 is 1.38 bits per heavy atom. The molecule has 116 valence electrons. The molecule has 1 heterocycles. The van der Waals surface area contributed by atoms with Crippen molar-refractivity contribution in [3.05, 3.63) is 29.8 Å². The Kier molecular flexibility index (Phi) is 6.10. The SMILES string of the molecule is NC(=S)c1ccc(OCC(O)CN2CCS(=O)CC2)cc1. The van der Waals surface area contributed by atoms with Crippen molar-refractivity contribution in [2.45, 2.75) is 6.10 Å². The van der Waals surface area contributed by atoms with E-state index in [9.17, 15) is 9.32 Å². The predicted octanol–water partition coefficient (Wildman–Crippen LogP) is 0.125. The van der Waals surface area contributed by atoms with Gasteiger partial charge in [0.1, 0.15) is 23.4 Å². The van der Waals surface area contributed by atoms with Crippen molar-refractivity contribution in [3.8, 4) is 5.75 Å². The first-order valence-electron chi connectivity index (χ1n) is 6.82. The molecule has 1 fully saturated rings. The standard InChI is InChI=1S/C14H20N2O3S2/c15-14(20)11-1-3-13(4-2-11)19-10-12(17)9-16-5-7-21(18)8-6-16/h1-4,12,17H,5-10H2,(H2,15,20). The Morgan fingerprint density at radius 2 is 2.00 bits per heavy atom. The molecule has 3 N–H and O–H groups in total. The van der Waals surface area contributed by atoms with Crippen LogP contribution in [0.3, 0.4) is 0 Å². The molecule has 0 bridgehead atoms.